The Morgan fingerprint density at radius 1 is 0.700 bits per heavy atom. The molecule has 1 amide bonds. The third kappa shape index (κ3) is 19.2. The Bertz CT molecular complexity index is 1050. The van der Waals surface area contributed by atoms with Crippen molar-refractivity contribution < 1.29 is 52.8 Å². The maximum absolute atomic E-state index is 13.3. The van der Waals surface area contributed by atoms with Crippen molar-refractivity contribution >= 4 is 35.8 Å². The van der Waals surface area contributed by atoms with E-state index in [4.69, 9.17) is 35.5 Å². The van der Waals surface area contributed by atoms with Crippen molar-refractivity contribution in [2.75, 3.05) is 46.1 Å². The molecule has 0 aromatic rings. The number of carbonyl (C=O) groups is 6. The molecule has 50 heavy (non-hydrogen) atoms. The first-order chi connectivity index (χ1) is 23.6. The zero-order chi connectivity index (χ0) is 38.2. The van der Waals surface area contributed by atoms with Crippen LogP contribution in [-0.2, 0) is 47.7 Å². The number of rotatable bonds is 30. The SMILES string of the molecule is CCCC(CCCC(CCCC(C)(CCCC(C)(CC)C(=O)OCCNCC(=O)O)C(=O)OCCN)C(=O)OCCOC(=O)C(C)C)C(N)=O. The summed E-state index contributed by atoms with van der Waals surface area (Å²) >= 11 is 0. The molecule has 0 heterocycles. The van der Waals surface area contributed by atoms with Crippen molar-refractivity contribution in [3.8, 4) is 0 Å². The summed E-state index contributed by atoms with van der Waals surface area (Å²) < 4.78 is 21.5. The van der Waals surface area contributed by atoms with E-state index in [1.54, 1.807) is 13.8 Å². The van der Waals surface area contributed by atoms with Gasteiger partial charge in [0.1, 0.15) is 26.4 Å². The number of carboxylic acid groups (broad SMARTS) is 1. The van der Waals surface area contributed by atoms with Crippen molar-refractivity contribution in [3.63, 3.8) is 0 Å². The van der Waals surface area contributed by atoms with Crippen LogP contribution in [0.2, 0.25) is 0 Å². The van der Waals surface area contributed by atoms with Gasteiger partial charge in [-0.1, -0.05) is 53.4 Å². The Kier molecular flexibility index (Phi) is 24.0. The van der Waals surface area contributed by atoms with Crippen LogP contribution < -0.4 is 16.8 Å². The Morgan fingerprint density at radius 2 is 1.24 bits per heavy atom. The van der Waals surface area contributed by atoms with E-state index < -0.39 is 34.7 Å². The highest BCUT2D eigenvalue weighted by Crippen LogP contribution is 2.37. The van der Waals surface area contributed by atoms with Crippen molar-refractivity contribution in [2.45, 2.75) is 119 Å². The summed E-state index contributed by atoms with van der Waals surface area (Å²) in [6, 6.07) is 0. The fourth-order valence-electron chi connectivity index (χ4n) is 5.61. The highest BCUT2D eigenvalue weighted by Gasteiger charge is 2.38. The fourth-order valence-corrected chi connectivity index (χ4v) is 5.61. The minimum atomic E-state index is -1.000. The number of hydrogen-bond donors (Lipinski definition) is 4. The van der Waals surface area contributed by atoms with Crippen molar-refractivity contribution in [3.05, 3.63) is 0 Å². The summed E-state index contributed by atoms with van der Waals surface area (Å²) in [5, 5.41) is 11.4. The van der Waals surface area contributed by atoms with Gasteiger partial charge in [0.25, 0.3) is 0 Å². The van der Waals surface area contributed by atoms with Gasteiger partial charge in [-0.3, -0.25) is 28.8 Å². The Labute approximate surface area is 298 Å². The average molecular weight is 716 g/mol. The second kappa shape index (κ2) is 25.7. The number of nitrogens with two attached hydrogens (primary N) is 2. The Hall–Kier alpha value is -3.26. The zero-order valence-electron chi connectivity index (χ0n) is 31.4. The van der Waals surface area contributed by atoms with Crippen LogP contribution in [0.1, 0.15) is 119 Å². The number of hydrogen-bond acceptors (Lipinski definition) is 12. The minimum absolute atomic E-state index is 0.0410. The summed E-state index contributed by atoms with van der Waals surface area (Å²) in [6.07, 6.45) is 6.36. The molecular weight excluding hydrogens is 650 g/mol. The second-order valence-corrected chi connectivity index (χ2v) is 13.9. The summed E-state index contributed by atoms with van der Waals surface area (Å²) in [7, 11) is 0. The molecule has 6 N–H and O–H groups in total. The van der Waals surface area contributed by atoms with E-state index in [1.165, 1.54) is 0 Å². The van der Waals surface area contributed by atoms with E-state index in [1.807, 2.05) is 27.7 Å². The van der Waals surface area contributed by atoms with Crippen LogP contribution in [0, 0.1) is 28.6 Å². The molecule has 0 bridgehead atoms. The van der Waals surface area contributed by atoms with Gasteiger partial charge in [0, 0.05) is 19.0 Å². The lowest BCUT2D eigenvalue weighted by Crippen LogP contribution is -2.34. The minimum Gasteiger partial charge on any atom is -0.480 e. The summed E-state index contributed by atoms with van der Waals surface area (Å²) in [5.41, 5.74) is 9.46. The normalized spacial score (nSPS) is 14.9. The molecule has 0 fully saturated rings. The highest BCUT2D eigenvalue weighted by atomic mass is 16.6. The van der Waals surface area contributed by atoms with Gasteiger partial charge < -0.3 is 40.8 Å². The predicted octanol–water partition coefficient (Wildman–Crippen LogP) is 3.90. The molecule has 0 rings (SSSR count). The maximum Gasteiger partial charge on any atom is 0.317 e. The van der Waals surface area contributed by atoms with Crippen LogP contribution in [0.5, 0.6) is 0 Å². The lowest BCUT2D eigenvalue weighted by Gasteiger charge is -2.31. The Balaban J connectivity index is 5.54. The monoisotopic (exact) mass is 715 g/mol. The molecule has 0 aromatic heterocycles. The number of nitrogens with one attached hydrogen (secondary N) is 1. The highest BCUT2D eigenvalue weighted by molar-refractivity contribution is 5.78. The largest absolute Gasteiger partial charge is 0.480 e. The molecule has 0 aliphatic rings. The van der Waals surface area contributed by atoms with Crippen molar-refractivity contribution in [1.82, 2.24) is 5.32 Å². The molecule has 0 spiro atoms. The molecule has 0 saturated carbocycles. The third-order valence-corrected chi connectivity index (χ3v) is 9.16. The van der Waals surface area contributed by atoms with E-state index in [2.05, 4.69) is 5.32 Å². The number of ether oxygens (including phenoxy) is 4. The number of aliphatic carboxylic acids is 1. The zero-order valence-corrected chi connectivity index (χ0v) is 31.4. The summed E-state index contributed by atoms with van der Waals surface area (Å²) in [5.74, 6) is -4.02. The first-order valence-electron chi connectivity index (χ1n) is 18.2. The molecule has 14 nitrogen and oxygen atoms in total. The lowest BCUT2D eigenvalue weighted by molar-refractivity contribution is -0.157. The van der Waals surface area contributed by atoms with Crippen LogP contribution >= 0.6 is 0 Å². The van der Waals surface area contributed by atoms with Crippen molar-refractivity contribution in [1.29, 1.82) is 0 Å². The molecule has 14 heteroatoms. The predicted molar refractivity (Wildman–Crippen MR) is 187 cm³/mol. The average Bonchev–Trinajstić information content (AvgIpc) is 3.06. The van der Waals surface area contributed by atoms with Gasteiger partial charge in [-0.25, -0.2) is 0 Å². The molecule has 4 unspecified atom stereocenters. The first-order valence-corrected chi connectivity index (χ1v) is 18.2. The van der Waals surface area contributed by atoms with Gasteiger partial charge in [-0.2, -0.15) is 0 Å². The van der Waals surface area contributed by atoms with Gasteiger partial charge in [-0.05, 0) is 65.2 Å². The van der Waals surface area contributed by atoms with E-state index in [0.717, 1.165) is 6.42 Å². The van der Waals surface area contributed by atoms with Gasteiger partial charge in [0.15, 0.2) is 0 Å². The number of esters is 4. The van der Waals surface area contributed by atoms with Crippen LogP contribution in [0.15, 0.2) is 0 Å². The molecular formula is C36H65N3O11. The Morgan fingerprint density at radius 3 is 1.80 bits per heavy atom. The lowest BCUT2D eigenvalue weighted by atomic mass is 9.75. The van der Waals surface area contributed by atoms with Crippen LogP contribution in [0.25, 0.3) is 0 Å². The number of primary amides is 1. The van der Waals surface area contributed by atoms with Gasteiger partial charge in [0.05, 0.1) is 29.2 Å². The summed E-state index contributed by atoms with van der Waals surface area (Å²) in [6.45, 7) is 11.1. The fraction of sp³-hybridized carbons (Fsp3) is 0.833. The molecule has 0 saturated heterocycles. The first kappa shape index (κ1) is 46.7. The van der Waals surface area contributed by atoms with E-state index in [-0.39, 0.29) is 75.7 Å². The number of carbonyl (C=O) groups excluding carboxylic acids is 5. The molecule has 4 atom stereocenters. The van der Waals surface area contributed by atoms with Crippen molar-refractivity contribution in [2.24, 2.45) is 40.1 Å². The van der Waals surface area contributed by atoms with E-state index in [0.29, 0.717) is 70.6 Å². The van der Waals surface area contributed by atoms with Gasteiger partial charge in [0.2, 0.25) is 5.91 Å². The van der Waals surface area contributed by atoms with Crippen LogP contribution in [-0.4, -0.2) is 86.9 Å². The smallest absolute Gasteiger partial charge is 0.317 e. The standard InChI is InChI=1S/C36H65N3O11/c1-7-12-27(30(38)42)13-9-14-28(32(44)48-24-23-47-31(43)26(3)4)15-10-16-36(6,34(46)49-21-19-37)18-11-17-35(5,8-2)33(45)50-22-20-39-25-29(40)41/h26-28,39H,7-25,37H2,1-6H3,(H2,38,42)(H,40,41). The van der Waals surface area contributed by atoms with Crippen LogP contribution in [0.4, 0.5) is 0 Å². The third-order valence-electron chi connectivity index (χ3n) is 9.16. The summed E-state index contributed by atoms with van der Waals surface area (Å²) in [4.78, 5) is 73.7. The molecule has 0 radical (unpaired) electrons. The molecule has 0 aliphatic carbocycles. The molecule has 290 valence electrons. The quantitative estimate of drug-likeness (QED) is 0.0471. The second-order valence-electron chi connectivity index (χ2n) is 13.9. The maximum atomic E-state index is 13.3. The van der Waals surface area contributed by atoms with E-state index in [9.17, 15) is 28.8 Å². The van der Waals surface area contributed by atoms with Gasteiger partial charge >= 0.3 is 29.8 Å². The number of amides is 1. The molecule has 0 aliphatic heterocycles. The number of carboxylic acids is 1. The van der Waals surface area contributed by atoms with Gasteiger partial charge in [-0.15, -0.1) is 0 Å². The topological polar surface area (TPSA) is 224 Å². The molecule has 0 aromatic carbocycles. The van der Waals surface area contributed by atoms with E-state index >= 15 is 0 Å². The van der Waals surface area contributed by atoms with Crippen LogP contribution in [0.3, 0.4) is 0 Å².